The lowest BCUT2D eigenvalue weighted by Crippen LogP contribution is -2.49. The van der Waals surface area contributed by atoms with Gasteiger partial charge in [-0.3, -0.25) is 14.6 Å². The molecule has 0 radical (unpaired) electrons. The van der Waals surface area contributed by atoms with Gasteiger partial charge in [0.1, 0.15) is 5.69 Å². The van der Waals surface area contributed by atoms with E-state index < -0.39 is 0 Å². The Hall–Kier alpha value is -3.07. The van der Waals surface area contributed by atoms with Crippen molar-refractivity contribution in [2.24, 2.45) is 0 Å². The predicted octanol–water partition coefficient (Wildman–Crippen LogP) is 0.516. The molecule has 2 aromatic heterocycles. The topological polar surface area (TPSA) is 94.6 Å². The van der Waals surface area contributed by atoms with Crippen LogP contribution in [0.4, 0.5) is 5.95 Å². The van der Waals surface area contributed by atoms with Crippen molar-refractivity contribution in [1.82, 2.24) is 30.1 Å². The first kappa shape index (κ1) is 20.7. The predicted molar refractivity (Wildman–Crippen MR) is 110 cm³/mol. The molecule has 0 unspecified atom stereocenters. The third-order valence-corrected chi connectivity index (χ3v) is 4.71. The Morgan fingerprint density at radius 1 is 1.07 bits per heavy atom. The molecule has 29 heavy (non-hydrogen) atoms. The molecule has 1 fully saturated rings. The third kappa shape index (κ3) is 5.71. The number of piperazine rings is 1. The van der Waals surface area contributed by atoms with Crippen molar-refractivity contribution in [3.63, 3.8) is 0 Å². The van der Waals surface area contributed by atoms with Crippen LogP contribution in [0.2, 0.25) is 0 Å². The summed E-state index contributed by atoms with van der Waals surface area (Å²) in [4.78, 5) is 43.7. The highest BCUT2D eigenvalue weighted by molar-refractivity contribution is 5.98. The van der Waals surface area contributed by atoms with Crippen LogP contribution < -0.4 is 10.2 Å². The molecule has 1 saturated heterocycles. The summed E-state index contributed by atoms with van der Waals surface area (Å²) in [6.07, 6.45) is 5.79. The highest BCUT2D eigenvalue weighted by Crippen LogP contribution is 2.12. The van der Waals surface area contributed by atoms with E-state index in [1.165, 1.54) is 6.20 Å². The van der Waals surface area contributed by atoms with Gasteiger partial charge in [0, 0.05) is 56.9 Å². The summed E-state index contributed by atoms with van der Waals surface area (Å²) in [5.74, 6) is 0.317. The Morgan fingerprint density at radius 2 is 1.79 bits per heavy atom. The van der Waals surface area contributed by atoms with Crippen molar-refractivity contribution in [3.05, 3.63) is 48.0 Å². The van der Waals surface area contributed by atoms with Gasteiger partial charge >= 0.3 is 0 Å². The van der Waals surface area contributed by atoms with E-state index in [0.29, 0.717) is 44.2 Å². The quantitative estimate of drug-likeness (QED) is 0.681. The third-order valence-electron chi connectivity index (χ3n) is 4.71. The average Bonchev–Trinajstić information content (AvgIpc) is 2.77. The fraction of sp³-hybridized carbons (Fsp3) is 0.450. The maximum atomic E-state index is 12.8. The van der Waals surface area contributed by atoms with Gasteiger partial charge in [0.15, 0.2) is 0 Å². The van der Waals surface area contributed by atoms with Crippen LogP contribution in [0, 0.1) is 0 Å². The SMILES string of the molecule is CN(C)CCCNC(=O)c1ccnc(C(=O)N2CCN(c3ncccn3)CC2)c1. The lowest BCUT2D eigenvalue weighted by molar-refractivity contribution is 0.0740. The standard InChI is InChI=1S/C20H27N7O2/c1-25(2)10-4-8-22-18(28)16-5-9-21-17(15-16)19(29)26-11-13-27(14-12-26)20-23-6-3-7-24-20/h3,5-7,9,15H,4,8,10-14H2,1-2H3,(H,22,28). The Labute approximate surface area is 170 Å². The Kier molecular flexibility index (Phi) is 7.07. The van der Waals surface area contributed by atoms with E-state index in [2.05, 4.69) is 30.1 Å². The molecule has 0 spiro atoms. The number of aromatic nitrogens is 3. The van der Waals surface area contributed by atoms with Crippen LogP contribution >= 0.6 is 0 Å². The summed E-state index contributed by atoms with van der Waals surface area (Å²) in [5.41, 5.74) is 0.736. The fourth-order valence-electron chi connectivity index (χ4n) is 3.11. The molecule has 9 nitrogen and oxygen atoms in total. The highest BCUT2D eigenvalue weighted by atomic mass is 16.2. The van der Waals surface area contributed by atoms with Crippen LogP contribution in [0.25, 0.3) is 0 Å². The summed E-state index contributed by atoms with van der Waals surface area (Å²) in [7, 11) is 3.99. The summed E-state index contributed by atoms with van der Waals surface area (Å²) < 4.78 is 0. The first-order valence-corrected chi connectivity index (χ1v) is 9.75. The van der Waals surface area contributed by atoms with Gasteiger partial charge < -0.3 is 20.0 Å². The van der Waals surface area contributed by atoms with Gasteiger partial charge in [0.2, 0.25) is 5.95 Å². The molecular formula is C20H27N7O2. The molecule has 0 aliphatic carbocycles. The molecule has 154 valence electrons. The van der Waals surface area contributed by atoms with Crippen LogP contribution in [0.3, 0.4) is 0 Å². The Morgan fingerprint density at radius 3 is 2.48 bits per heavy atom. The smallest absolute Gasteiger partial charge is 0.272 e. The van der Waals surface area contributed by atoms with Gasteiger partial charge in [-0.15, -0.1) is 0 Å². The monoisotopic (exact) mass is 397 g/mol. The van der Waals surface area contributed by atoms with Crippen molar-refractivity contribution >= 4 is 17.8 Å². The van der Waals surface area contributed by atoms with Gasteiger partial charge in [0.05, 0.1) is 0 Å². The van der Waals surface area contributed by atoms with Crippen LogP contribution in [-0.4, -0.2) is 89.9 Å². The van der Waals surface area contributed by atoms with E-state index in [1.807, 2.05) is 14.1 Å². The van der Waals surface area contributed by atoms with Gasteiger partial charge in [-0.25, -0.2) is 9.97 Å². The molecule has 1 aliphatic heterocycles. The van der Waals surface area contributed by atoms with Gasteiger partial charge in [-0.1, -0.05) is 0 Å². The van der Waals surface area contributed by atoms with Crippen molar-refractivity contribution in [2.75, 3.05) is 58.3 Å². The van der Waals surface area contributed by atoms with E-state index in [-0.39, 0.29) is 17.5 Å². The number of hydrogen-bond acceptors (Lipinski definition) is 7. The minimum Gasteiger partial charge on any atom is -0.352 e. The summed E-state index contributed by atoms with van der Waals surface area (Å²) in [6, 6.07) is 4.97. The number of amides is 2. The second kappa shape index (κ2) is 9.92. The molecule has 3 heterocycles. The molecule has 3 rings (SSSR count). The van der Waals surface area contributed by atoms with Gasteiger partial charge in [0.25, 0.3) is 11.8 Å². The van der Waals surface area contributed by atoms with E-state index in [4.69, 9.17) is 0 Å². The molecule has 0 atom stereocenters. The molecule has 0 aromatic carbocycles. The number of hydrogen-bond donors (Lipinski definition) is 1. The molecule has 0 saturated carbocycles. The first-order chi connectivity index (χ1) is 14.0. The lowest BCUT2D eigenvalue weighted by Gasteiger charge is -2.34. The fourth-order valence-corrected chi connectivity index (χ4v) is 3.11. The second-order valence-corrected chi connectivity index (χ2v) is 7.17. The van der Waals surface area contributed by atoms with Crippen molar-refractivity contribution < 1.29 is 9.59 Å². The largest absolute Gasteiger partial charge is 0.352 e. The number of nitrogens with zero attached hydrogens (tertiary/aromatic N) is 6. The van der Waals surface area contributed by atoms with E-state index in [0.717, 1.165) is 13.0 Å². The molecular weight excluding hydrogens is 370 g/mol. The number of nitrogens with one attached hydrogen (secondary N) is 1. The maximum Gasteiger partial charge on any atom is 0.272 e. The van der Waals surface area contributed by atoms with E-state index in [1.54, 1.807) is 35.5 Å². The second-order valence-electron chi connectivity index (χ2n) is 7.17. The van der Waals surface area contributed by atoms with Gasteiger partial charge in [-0.2, -0.15) is 0 Å². The Balaban J connectivity index is 1.55. The van der Waals surface area contributed by atoms with Crippen molar-refractivity contribution in [3.8, 4) is 0 Å². The molecule has 1 N–H and O–H groups in total. The van der Waals surface area contributed by atoms with Crippen LogP contribution in [0.15, 0.2) is 36.8 Å². The van der Waals surface area contributed by atoms with Gasteiger partial charge in [-0.05, 0) is 45.3 Å². The number of carbonyl (C=O) groups excluding carboxylic acids is 2. The average molecular weight is 397 g/mol. The van der Waals surface area contributed by atoms with Crippen LogP contribution in [0.1, 0.15) is 27.3 Å². The summed E-state index contributed by atoms with van der Waals surface area (Å²) >= 11 is 0. The summed E-state index contributed by atoms with van der Waals surface area (Å²) in [5, 5.41) is 2.89. The normalized spacial score (nSPS) is 14.2. The molecule has 2 amide bonds. The van der Waals surface area contributed by atoms with Crippen molar-refractivity contribution in [1.29, 1.82) is 0 Å². The lowest BCUT2D eigenvalue weighted by atomic mass is 10.2. The zero-order valence-corrected chi connectivity index (χ0v) is 16.9. The zero-order valence-electron chi connectivity index (χ0n) is 16.9. The molecule has 0 bridgehead atoms. The summed E-state index contributed by atoms with van der Waals surface area (Å²) in [6.45, 7) is 3.91. The number of anilines is 1. The molecule has 2 aromatic rings. The highest BCUT2D eigenvalue weighted by Gasteiger charge is 2.24. The number of carbonyl (C=O) groups is 2. The molecule has 9 heteroatoms. The minimum atomic E-state index is -0.189. The maximum absolute atomic E-state index is 12.8. The minimum absolute atomic E-state index is 0.166. The number of pyridine rings is 1. The first-order valence-electron chi connectivity index (χ1n) is 9.75. The number of rotatable bonds is 7. The van der Waals surface area contributed by atoms with Crippen LogP contribution in [-0.2, 0) is 0 Å². The Bertz CT molecular complexity index is 821. The van der Waals surface area contributed by atoms with E-state index in [9.17, 15) is 9.59 Å². The van der Waals surface area contributed by atoms with Crippen molar-refractivity contribution in [2.45, 2.75) is 6.42 Å². The van der Waals surface area contributed by atoms with Crippen LogP contribution in [0.5, 0.6) is 0 Å². The zero-order chi connectivity index (χ0) is 20.6. The molecule has 1 aliphatic rings. The van der Waals surface area contributed by atoms with E-state index >= 15 is 0 Å².